The van der Waals surface area contributed by atoms with Crippen LogP contribution < -0.4 is 0 Å². The topological polar surface area (TPSA) is 20.2 Å². The molecule has 0 aliphatic rings. The maximum Gasteiger partial charge on any atom is 0.123 e. The number of rotatable bonds is 5. The minimum atomic E-state index is -0.460. The van der Waals surface area contributed by atoms with Gasteiger partial charge in [0.05, 0.1) is 6.10 Å². The number of thioether (sulfide) groups is 1. The average molecular weight is 228 g/mol. The van der Waals surface area contributed by atoms with Crippen molar-refractivity contribution < 1.29 is 9.50 Å². The zero-order chi connectivity index (χ0) is 11.3. The average Bonchev–Trinajstić information content (AvgIpc) is 2.17. The fourth-order valence-corrected chi connectivity index (χ4v) is 2.04. The predicted molar refractivity (Wildman–Crippen MR) is 63.7 cm³/mol. The number of hydrogen-bond donors (Lipinski definition) is 1. The third-order valence-corrected chi connectivity index (χ3v) is 3.11. The van der Waals surface area contributed by atoms with Crippen LogP contribution in [0.5, 0.6) is 0 Å². The Morgan fingerprint density at radius 2 is 2.20 bits per heavy atom. The predicted octanol–water partition coefficient (Wildman–Crippen LogP) is 3.31. The van der Waals surface area contributed by atoms with Gasteiger partial charge in [-0.1, -0.05) is 6.07 Å². The van der Waals surface area contributed by atoms with Crippen molar-refractivity contribution in [3.63, 3.8) is 0 Å². The highest BCUT2D eigenvalue weighted by Gasteiger charge is 2.10. The minimum absolute atomic E-state index is 0.243. The van der Waals surface area contributed by atoms with Crippen LogP contribution in [0.1, 0.15) is 30.1 Å². The van der Waals surface area contributed by atoms with E-state index in [1.807, 2.05) is 6.92 Å². The first-order chi connectivity index (χ1) is 7.15. The zero-order valence-corrected chi connectivity index (χ0v) is 9.98. The molecule has 1 rings (SSSR count). The van der Waals surface area contributed by atoms with Crippen molar-refractivity contribution >= 4 is 11.8 Å². The Bertz CT molecular complexity index is 314. The molecule has 0 saturated carbocycles. The molecule has 1 N–H and O–H groups in total. The summed E-state index contributed by atoms with van der Waals surface area (Å²) in [4.78, 5) is 0. The summed E-state index contributed by atoms with van der Waals surface area (Å²) in [5, 5.41) is 9.89. The second kappa shape index (κ2) is 6.13. The van der Waals surface area contributed by atoms with Gasteiger partial charge in [0.25, 0.3) is 0 Å². The second-order valence-corrected chi connectivity index (χ2v) is 4.64. The molecule has 0 spiro atoms. The lowest BCUT2D eigenvalue weighted by Gasteiger charge is -2.13. The summed E-state index contributed by atoms with van der Waals surface area (Å²) in [7, 11) is 0. The van der Waals surface area contributed by atoms with Gasteiger partial charge in [-0.25, -0.2) is 4.39 Å². The summed E-state index contributed by atoms with van der Waals surface area (Å²) >= 11 is 1.77. The molecule has 1 atom stereocenters. The van der Waals surface area contributed by atoms with Crippen molar-refractivity contribution in [3.8, 4) is 0 Å². The number of benzene rings is 1. The summed E-state index contributed by atoms with van der Waals surface area (Å²) in [6.07, 6.45) is 3.32. The number of halogens is 1. The maximum absolute atomic E-state index is 12.8. The Morgan fingerprint density at radius 1 is 1.47 bits per heavy atom. The van der Waals surface area contributed by atoms with Gasteiger partial charge >= 0.3 is 0 Å². The normalized spacial score (nSPS) is 12.8. The van der Waals surface area contributed by atoms with E-state index in [0.717, 1.165) is 29.7 Å². The van der Waals surface area contributed by atoms with Crippen LogP contribution in [0.25, 0.3) is 0 Å². The highest BCUT2D eigenvalue weighted by Crippen LogP contribution is 2.23. The molecule has 0 amide bonds. The van der Waals surface area contributed by atoms with E-state index in [-0.39, 0.29) is 5.82 Å². The van der Waals surface area contributed by atoms with Gasteiger partial charge in [-0.3, -0.25) is 0 Å². The summed E-state index contributed by atoms with van der Waals surface area (Å²) in [5.74, 6) is 0.810. The molecular weight excluding hydrogens is 211 g/mol. The standard InChI is InChI=1S/C12H17FOS/c1-9-8-10(13)5-6-11(9)12(14)4-3-7-15-2/h5-6,8,12,14H,3-4,7H2,1-2H3. The highest BCUT2D eigenvalue weighted by molar-refractivity contribution is 7.98. The van der Waals surface area contributed by atoms with Gasteiger partial charge in [-0.05, 0) is 55.0 Å². The lowest BCUT2D eigenvalue weighted by Crippen LogP contribution is -2.01. The zero-order valence-electron chi connectivity index (χ0n) is 9.16. The largest absolute Gasteiger partial charge is 0.388 e. The molecule has 0 aromatic heterocycles. The van der Waals surface area contributed by atoms with Gasteiger partial charge in [0, 0.05) is 0 Å². The molecular formula is C12H17FOS. The first-order valence-corrected chi connectivity index (χ1v) is 6.47. The smallest absolute Gasteiger partial charge is 0.123 e. The molecule has 1 aromatic carbocycles. The molecule has 0 bridgehead atoms. The van der Waals surface area contributed by atoms with Crippen LogP contribution in [-0.2, 0) is 0 Å². The van der Waals surface area contributed by atoms with Gasteiger partial charge < -0.3 is 5.11 Å². The van der Waals surface area contributed by atoms with Crippen LogP contribution in [0.2, 0.25) is 0 Å². The molecule has 0 fully saturated rings. The molecule has 3 heteroatoms. The summed E-state index contributed by atoms with van der Waals surface area (Å²) in [6.45, 7) is 1.83. The summed E-state index contributed by atoms with van der Waals surface area (Å²) < 4.78 is 12.8. The van der Waals surface area contributed by atoms with Crippen LogP contribution in [0.3, 0.4) is 0 Å². The molecule has 1 nitrogen and oxygen atoms in total. The van der Waals surface area contributed by atoms with Crippen LogP contribution in [-0.4, -0.2) is 17.1 Å². The third-order valence-electron chi connectivity index (χ3n) is 2.42. The number of hydrogen-bond acceptors (Lipinski definition) is 2. The molecule has 0 aliphatic heterocycles. The van der Waals surface area contributed by atoms with Crippen molar-refractivity contribution in [1.29, 1.82) is 0 Å². The van der Waals surface area contributed by atoms with E-state index in [2.05, 4.69) is 6.26 Å². The van der Waals surface area contributed by atoms with Crippen molar-refractivity contribution in [2.24, 2.45) is 0 Å². The van der Waals surface area contributed by atoms with Gasteiger partial charge in [-0.15, -0.1) is 0 Å². The Labute approximate surface area is 94.7 Å². The molecule has 0 radical (unpaired) electrons. The number of aliphatic hydroxyl groups is 1. The first-order valence-electron chi connectivity index (χ1n) is 5.08. The highest BCUT2D eigenvalue weighted by atomic mass is 32.2. The van der Waals surface area contributed by atoms with E-state index in [1.165, 1.54) is 12.1 Å². The van der Waals surface area contributed by atoms with E-state index in [4.69, 9.17) is 0 Å². The second-order valence-electron chi connectivity index (χ2n) is 3.65. The molecule has 1 unspecified atom stereocenters. The molecule has 0 saturated heterocycles. The first kappa shape index (κ1) is 12.5. The molecule has 1 aromatic rings. The van der Waals surface area contributed by atoms with Crippen LogP contribution in [0, 0.1) is 12.7 Å². The minimum Gasteiger partial charge on any atom is -0.388 e. The Kier molecular flexibility index (Phi) is 5.12. The summed E-state index contributed by atoms with van der Waals surface area (Å²) in [5.41, 5.74) is 1.67. The van der Waals surface area contributed by atoms with E-state index < -0.39 is 6.10 Å². The maximum atomic E-state index is 12.8. The van der Waals surface area contributed by atoms with E-state index in [9.17, 15) is 9.50 Å². The van der Waals surface area contributed by atoms with Gasteiger partial charge in [0.2, 0.25) is 0 Å². The van der Waals surface area contributed by atoms with Crippen molar-refractivity contribution in [3.05, 3.63) is 35.1 Å². The van der Waals surface area contributed by atoms with Crippen molar-refractivity contribution in [1.82, 2.24) is 0 Å². The molecule has 0 aliphatic carbocycles. The third kappa shape index (κ3) is 3.84. The van der Waals surface area contributed by atoms with E-state index >= 15 is 0 Å². The van der Waals surface area contributed by atoms with Gasteiger partial charge in [0.15, 0.2) is 0 Å². The number of aliphatic hydroxyl groups excluding tert-OH is 1. The van der Waals surface area contributed by atoms with Crippen molar-refractivity contribution in [2.45, 2.75) is 25.9 Å². The monoisotopic (exact) mass is 228 g/mol. The molecule has 15 heavy (non-hydrogen) atoms. The Balaban J connectivity index is 2.61. The summed E-state index contributed by atoms with van der Waals surface area (Å²) in [6, 6.07) is 4.54. The van der Waals surface area contributed by atoms with Crippen LogP contribution >= 0.6 is 11.8 Å². The SMILES string of the molecule is CSCCCC(O)c1ccc(F)cc1C. The fourth-order valence-electron chi connectivity index (χ4n) is 1.59. The van der Waals surface area contributed by atoms with E-state index in [0.29, 0.717) is 0 Å². The van der Waals surface area contributed by atoms with Crippen molar-refractivity contribution in [2.75, 3.05) is 12.0 Å². The Hall–Kier alpha value is -0.540. The molecule has 84 valence electrons. The molecule has 0 heterocycles. The lowest BCUT2D eigenvalue weighted by atomic mass is 10.0. The fraction of sp³-hybridized carbons (Fsp3) is 0.500. The Morgan fingerprint density at radius 3 is 2.80 bits per heavy atom. The van der Waals surface area contributed by atoms with Crippen LogP contribution in [0.15, 0.2) is 18.2 Å². The van der Waals surface area contributed by atoms with Gasteiger partial charge in [0.1, 0.15) is 5.82 Å². The lowest BCUT2D eigenvalue weighted by molar-refractivity contribution is 0.166. The van der Waals surface area contributed by atoms with Crippen LogP contribution in [0.4, 0.5) is 4.39 Å². The van der Waals surface area contributed by atoms with Gasteiger partial charge in [-0.2, -0.15) is 11.8 Å². The number of aryl methyl sites for hydroxylation is 1. The quantitative estimate of drug-likeness (QED) is 0.780. The van der Waals surface area contributed by atoms with E-state index in [1.54, 1.807) is 17.8 Å².